The zero-order valence-corrected chi connectivity index (χ0v) is 7.44. The first kappa shape index (κ1) is 8.02. The van der Waals surface area contributed by atoms with Crippen LogP contribution in [0.25, 0.3) is 0 Å². The highest BCUT2D eigenvalue weighted by molar-refractivity contribution is 4.84. The Morgan fingerprint density at radius 1 is 1.40 bits per heavy atom. The van der Waals surface area contributed by atoms with Crippen LogP contribution < -0.4 is 5.43 Å². The Morgan fingerprint density at radius 3 is 2.20 bits per heavy atom. The van der Waals surface area contributed by atoms with E-state index in [0.29, 0.717) is 11.5 Å². The second-order valence-electron chi connectivity index (χ2n) is 4.19. The fourth-order valence-corrected chi connectivity index (χ4v) is 1.70. The van der Waals surface area contributed by atoms with Crippen LogP contribution in [0.5, 0.6) is 0 Å². The second kappa shape index (κ2) is 2.51. The molecule has 1 aliphatic heterocycles. The molecule has 2 nitrogen and oxygen atoms in total. The van der Waals surface area contributed by atoms with Crippen LogP contribution in [0.1, 0.15) is 27.2 Å². The largest absolute Gasteiger partial charge is 0.255 e. The molecule has 1 N–H and O–H groups in total. The van der Waals surface area contributed by atoms with Crippen molar-refractivity contribution in [1.29, 1.82) is 0 Å². The van der Waals surface area contributed by atoms with Crippen LogP contribution in [-0.4, -0.2) is 24.6 Å². The van der Waals surface area contributed by atoms with Gasteiger partial charge >= 0.3 is 0 Å². The van der Waals surface area contributed by atoms with E-state index in [1.807, 2.05) is 0 Å². The van der Waals surface area contributed by atoms with Crippen molar-refractivity contribution in [2.45, 2.75) is 33.2 Å². The van der Waals surface area contributed by atoms with E-state index < -0.39 is 0 Å². The van der Waals surface area contributed by atoms with Crippen LogP contribution in [0.4, 0.5) is 0 Å². The normalized spacial score (nSPS) is 29.4. The molecule has 1 saturated heterocycles. The number of rotatable bonds is 0. The third kappa shape index (κ3) is 1.50. The Morgan fingerprint density at radius 2 is 2.00 bits per heavy atom. The SMILES string of the molecule is CN1NCCC1C(C)(C)C. The Bertz CT molecular complexity index is 115. The van der Waals surface area contributed by atoms with E-state index in [4.69, 9.17) is 0 Å². The van der Waals surface area contributed by atoms with Gasteiger partial charge in [-0.1, -0.05) is 20.8 Å². The van der Waals surface area contributed by atoms with Crippen LogP contribution >= 0.6 is 0 Å². The number of nitrogens with zero attached hydrogens (tertiary/aromatic N) is 1. The second-order valence-corrected chi connectivity index (χ2v) is 4.19. The zero-order valence-electron chi connectivity index (χ0n) is 7.44. The van der Waals surface area contributed by atoms with E-state index in [1.54, 1.807) is 0 Å². The highest BCUT2D eigenvalue weighted by Gasteiger charge is 2.31. The summed E-state index contributed by atoms with van der Waals surface area (Å²) < 4.78 is 0. The van der Waals surface area contributed by atoms with E-state index in [1.165, 1.54) is 6.42 Å². The minimum Gasteiger partial charge on any atom is -0.255 e. The number of hydrazine groups is 1. The van der Waals surface area contributed by atoms with Gasteiger partial charge in [-0.2, -0.15) is 0 Å². The van der Waals surface area contributed by atoms with Gasteiger partial charge in [-0.25, -0.2) is 5.01 Å². The molecule has 0 aliphatic carbocycles. The van der Waals surface area contributed by atoms with E-state index in [2.05, 4.69) is 38.3 Å². The monoisotopic (exact) mass is 142 g/mol. The summed E-state index contributed by atoms with van der Waals surface area (Å²) in [4.78, 5) is 0. The third-order valence-electron chi connectivity index (χ3n) is 2.25. The molecule has 10 heavy (non-hydrogen) atoms. The Balaban J connectivity index is 2.55. The summed E-state index contributed by atoms with van der Waals surface area (Å²) in [6.45, 7) is 8.02. The molecule has 0 aromatic heterocycles. The molecule has 0 bridgehead atoms. The fraction of sp³-hybridized carbons (Fsp3) is 1.00. The zero-order chi connectivity index (χ0) is 7.78. The van der Waals surface area contributed by atoms with Gasteiger partial charge in [0.25, 0.3) is 0 Å². The molecule has 0 spiro atoms. The maximum atomic E-state index is 3.31. The molecule has 1 atom stereocenters. The molecule has 1 unspecified atom stereocenters. The first-order chi connectivity index (χ1) is 4.52. The molecule has 1 fully saturated rings. The number of hydrogen-bond acceptors (Lipinski definition) is 2. The summed E-state index contributed by atoms with van der Waals surface area (Å²) in [5, 5.41) is 2.24. The molecule has 60 valence electrons. The first-order valence-corrected chi connectivity index (χ1v) is 3.98. The molecule has 2 heteroatoms. The first-order valence-electron chi connectivity index (χ1n) is 3.98. The summed E-state index contributed by atoms with van der Waals surface area (Å²) in [5.74, 6) is 0. The van der Waals surface area contributed by atoms with Crippen LogP contribution in [-0.2, 0) is 0 Å². The molecule has 0 amide bonds. The maximum absolute atomic E-state index is 3.31. The van der Waals surface area contributed by atoms with E-state index >= 15 is 0 Å². The van der Waals surface area contributed by atoms with Gasteiger partial charge in [-0.05, 0) is 11.8 Å². The van der Waals surface area contributed by atoms with Crippen molar-refractivity contribution < 1.29 is 0 Å². The standard InChI is InChI=1S/C8H18N2/c1-8(2,3)7-5-6-9-10(7)4/h7,9H,5-6H2,1-4H3. The van der Waals surface area contributed by atoms with Gasteiger partial charge in [0, 0.05) is 19.6 Å². The average molecular weight is 142 g/mol. The molecule has 1 heterocycles. The quantitative estimate of drug-likeness (QED) is 0.547. The van der Waals surface area contributed by atoms with Gasteiger partial charge in [0.05, 0.1) is 0 Å². The predicted molar refractivity (Wildman–Crippen MR) is 43.6 cm³/mol. The van der Waals surface area contributed by atoms with Gasteiger partial charge in [-0.3, -0.25) is 5.43 Å². The Hall–Kier alpha value is -0.0800. The highest BCUT2D eigenvalue weighted by atomic mass is 15.5. The van der Waals surface area contributed by atoms with Gasteiger partial charge < -0.3 is 0 Å². The molecule has 0 radical (unpaired) electrons. The van der Waals surface area contributed by atoms with Crippen molar-refractivity contribution in [3.05, 3.63) is 0 Å². The summed E-state index contributed by atoms with van der Waals surface area (Å²) in [6, 6.07) is 0.701. The molecule has 0 saturated carbocycles. The minimum absolute atomic E-state index is 0.415. The van der Waals surface area contributed by atoms with E-state index in [0.717, 1.165) is 6.54 Å². The predicted octanol–water partition coefficient (Wildman–Crippen LogP) is 1.24. The van der Waals surface area contributed by atoms with Gasteiger partial charge in [0.2, 0.25) is 0 Å². The molecular weight excluding hydrogens is 124 g/mol. The Labute approximate surface area is 63.6 Å². The van der Waals surface area contributed by atoms with Gasteiger partial charge in [-0.15, -0.1) is 0 Å². The Kier molecular flexibility index (Phi) is 2.02. The summed E-state index contributed by atoms with van der Waals surface area (Å²) in [6.07, 6.45) is 1.28. The van der Waals surface area contributed by atoms with Crippen LogP contribution in [0.2, 0.25) is 0 Å². The van der Waals surface area contributed by atoms with Crippen LogP contribution in [0.15, 0.2) is 0 Å². The molecule has 0 aromatic rings. The molecule has 0 aromatic carbocycles. The smallest absolute Gasteiger partial charge is 0.0301 e. The topological polar surface area (TPSA) is 15.3 Å². The van der Waals surface area contributed by atoms with Gasteiger partial charge in [0.15, 0.2) is 0 Å². The van der Waals surface area contributed by atoms with Crippen molar-refractivity contribution in [3.8, 4) is 0 Å². The lowest BCUT2D eigenvalue weighted by Gasteiger charge is -2.31. The highest BCUT2D eigenvalue weighted by Crippen LogP contribution is 2.27. The lowest BCUT2D eigenvalue weighted by molar-refractivity contribution is 0.132. The number of hydrogen-bond donors (Lipinski definition) is 1. The maximum Gasteiger partial charge on any atom is 0.0301 e. The minimum atomic E-state index is 0.415. The van der Waals surface area contributed by atoms with Crippen LogP contribution in [0.3, 0.4) is 0 Å². The van der Waals surface area contributed by atoms with E-state index in [-0.39, 0.29) is 0 Å². The van der Waals surface area contributed by atoms with Crippen molar-refractivity contribution in [3.63, 3.8) is 0 Å². The summed E-state index contributed by atoms with van der Waals surface area (Å²) in [5.41, 5.74) is 3.72. The third-order valence-corrected chi connectivity index (χ3v) is 2.25. The van der Waals surface area contributed by atoms with E-state index in [9.17, 15) is 0 Å². The van der Waals surface area contributed by atoms with Crippen LogP contribution in [0, 0.1) is 5.41 Å². The lowest BCUT2D eigenvalue weighted by atomic mass is 9.85. The van der Waals surface area contributed by atoms with Crippen molar-refractivity contribution in [1.82, 2.24) is 10.4 Å². The number of nitrogens with one attached hydrogen (secondary N) is 1. The molecule has 1 rings (SSSR count). The van der Waals surface area contributed by atoms with Crippen molar-refractivity contribution in [2.24, 2.45) is 5.41 Å². The van der Waals surface area contributed by atoms with Gasteiger partial charge in [0.1, 0.15) is 0 Å². The van der Waals surface area contributed by atoms with Crippen molar-refractivity contribution >= 4 is 0 Å². The average Bonchev–Trinajstić information content (AvgIpc) is 2.11. The lowest BCUT2D eigenvalue weighted by Crippen LogP contribution is -2.40. The molecular formula is C8H18N2. The molecule has 1 aliphatic rings. The summed E-state index contributed by atoms with van der Waals surface area (Å²) >= 11 is 0. The van der Waals surface area contributed by atoms with Crippen molar-refractivity contribution in [2.75, 3.05) is 13.6 Å². The fourth-order valence-electron chi connectivity index (χ4n) is 1.70. The summed E-state index contributed by atoms with van der Waals surface area (Å²) in [7, 11) is 2.13.